The van der Waals surface area contributed by atoms with Gasteiger partial charge in [0, 0.05) is 6.54 Å². The molecule has 0 heterocycles. The van der Waals surface area contributed by atoms with Crippen molar-refractivity contribution in [3.8, 4) is 0 Å². The van der Waals surface area contributed by atoms with Crippen LogP contribution in [0.2, 0.25) is 0 Å². The summed E-state index contributed by atoms with van der Waals surface area (Å²) in [6.45, 7) is 11.7. The minimum absolute atomic E-state index is 1.18. The molecule has 0 amide bonds. The Morgan fingerprint density at radius 3 is 1.56 bits per heavy atom. The molecule has 0 fully saturated rings. The van der Waals surface area contributed by atoms with Crippen molar-refractivity contribution in [1.82, 2.24) is 4.90 Å². The summed E-state index contributed by atoms with van der Waals surface area (Å²) in [4.78, 5) is 2.55. The Hall–Kier alpha value is -0.0400. The van der Waals surface area contributed by atoms with Crippen LogP contribution in [0.3, 0.4) is 0 Å². The first-order valence-corrected chi connectivity index (χ1v) is 7.42. The third-order valence-corrected chi connectivity index (χ3v) is 3.04. The van der Waals surface area contributed by atoms with Crippen molar-refractivity contribution in [3.05, 3.63) is 6.54 Å². The third kappa shape index (κ3) is 10.5. The Labute approximate surface area is 104 Å². The standard InChI is InChI=1S/C15H32N/c1-4-7-9-11-14-16(13-6-3)15-12-10-8-5-2/h13H,4-12,14-15H2,1-3H3. The third-order valence-electron chi connectivity index (χ3n) is 3.04. The normalized spacial score (nSPS) is 11.2. The molecule has 0 atom stereocenters. The molecule has 0 aromatic carbocycles. The summed E-state index contributed by atoms with van der Waals surface area (Å²) >= 11 is 0. The first-order chi connectivity index (χ1) is 7.85. The minimum atomic E-state index is 1.18. The van der Waals surface area contributed by atoms with Crippen molar-refractivity contribution < 1.29 is 0 Å². The second kappa shape index (κ2) is 13.0. The summed E-state index contributed by atoms with van der Waals surface area (Å²) in [7, 11) is 0. The Morgan fingerprint density at radius 2 is 1.19 bits per heavy atom. The molecule has 0 aliphatic rings. The lowest BCUT2D eigenvalue weighted by atomic mass is 10.1. The van der Waals surface area contributed by atoms with Crippen molar-refractivity contribution in [2.45, 2.75) is 78.6 Å². The van der Waals surface area contributed by atoms with Crippen molar-refractivity contribution in [1.29, 1.82) is 0 Å². The Morgan fingerprint density at radius 1 is 0.688 bits per heavy atom. The van der Waals surface area contributed by atoms with E-state index in [4.69, 9.17) is 0 Å². The van der Waals surface area contributed by atoms with Crippen LogP contribution < -0.4 is 0 Å². The molecule has 0 N–H and O–H groups in total. The smallest absolute Gasteiger partial charge is 0.0248 e. The summed E-state index contributed by atoms with van der Waals surface area (Å²) in [6, 6.07) is 0. The van der Waals surface area contributed by atoms with E-state index in [-0.39, 0.29) is 0 Å². The lowest BCUT2D eigenvalue weighted by Crippen LogP contribution is -2.23. The maximum Gasteiger partial charge on any atom is 0.0248 e. The van der Waals surface area contributed by atoms with E-state index >= 15 is 0 Å². The Kier molecular flexibility index (Phi) is 13.0. The largest absolute Gasteiger partial charge is 0.299 e. The number of unbranched alkanes of at least 4 members (excludes halogenated alkanes) is 6. The van der Waals surface area contributed by atoms with Crippen molar-refractivity contribution >= 4 is 0 Å². The number of hydrogen-bond acceptors (Lipinski definition) is 1. The average molecular weight is 226 g/mol. The highest BCUT2D eigenvalue weighted by atomic mass is 15.1. The first kappa shape index (κ1) is 16.0. The maximum atomic E-state index is 2.55. The molecule has 0 unspecified atom stereocenters. The first-order valence-electron chi connectivity index (χ1n) is 7.42. The van der Waals surface area contributed by atoms with E-state index in [2.05, 4.69) is 32.2 Å². The zero-order valence-electron chi connectivity index (χ0n) is 11.8. The van der Waals surface area contributed by atoms with Gasteiger partial charge >= 0.3 is 0 Å². The molecular weight excluding hydrogens is 194 g/mol. The molecule has 0 aliphatic heterocycles. The molecule has 0 aliphatic carbocycles. The molecule has 16 heavy (non-hydrogen) atoms. The minimum Gasteiger partial charge on any atom is -0.299 e. The molecule has 0 bridgehead atoms. The van der Waals surface area contributed by atoms with E-state index in [1.54, 1.807) is 0 Å². The number of nitrogens with zero attached hydrogens (tertiary/aromatic N) is 1. The highest BCUT2D eigenvalue weighted by Crippen LogP contribution is 2.07. The van der Waals surface area contributed by atoms with Gasteiger partial charge in [0.15, 0.2) is 0 Å². The molecule has 0 spiro atoms. The molecule has 0 aromatic rings. The molecule has 97 valence electrons. The zero-order valence-corrected chi connectivity index (χ0v) is 11.8. The van der Waals surface area contributed by atoms with Crippen LogP contribution >= 0.6 is 0 Å². The lowest BCUT2D eigenvalue weighted by molar-refractivity contribution is 0.309. The molecule has 0 saturated carbocycles. The van der Waals surface area contributed by atoms with Gasteiger partial charge in [-0.05, 0) is 32.4 Å². The maximum absolute atomic E-state index is 2.55. The van der Waals surface area contributed by atoms with Crippen molar-refractivity contribution in [2.75, 3.05) is 13.1 Å². The Bertz CT molecular complexity index is 111. The van der Waals surface area contributed by atoms with E-state index in [1.807, 2.05) is 0 Å². The van der Waals surface area contributed by atoms with Crippen LogP contribution in [-0.2, 0) is 0 Å². The van der Waals surface area contributed by atoms with Crippen LogP contribution in [0.25, 0.3) is 0 Å². The highest BCUT2D eigenvalue weighted by Gasteiger charge is 2.03. The van der Waals surface area contributed by atoms with Gasteiger partial charge in [0.2, 0.25) is 0 Å². The van der Waals surface area contributed by atoms with Crippen molar-refractivity contribution in [2.24, 2.45) is 0 Å². The number of rotatable bonds is 12. The predicted octanol–water partition coefficient (Wildman–Crippen LogP) is 5.02. The second-order valence-electron chi connectivity index (χ2n) is 4.75. The molecule has 1 nitrogen and oxygen atoms in total. The second-order valence-corrected chi connectivity index (χ2v) is 4.75. The van der Waals surface area contributed by atoms with Crippen LogP contribution in [0.4, 0.5) is 0 Å². The van der Waals surface area contributed by atoms with Crippen LogP contribution in [0.15, 0.2) is 0 Å². The number of hydrogen-bond donors (Lipinski definition) is 0. The van der Waals surface area contributed by atoms with E-state index < -0.39 is 0 Å². The molecule has 1 heteroatoms. The van der Waals surface area contributed by atoms with Gasteiger partial charge in [0.05, 0.1) is 0 Å². The topological polar surface area (TPSA) is 3.24 Å². The quantitative estimate of drug-likeness (QED) is 0.422. The molecule has 1 radical (unpaired) electrons. The lowest BCUT2D eigenvalue weighted by Gasteiger charge is -2.21. The zero-order chi connectivity index (χ0) is 12.1. The average Bonchev–Trinajstić information content (AvgIpc) is 2.30. The van der Waals surface area contributed by atoms with Gasteiger partial charge in [0.25, 0.3) is 0 Å². The summed E-state index contributed by atoms with van der Waals surface area (Å²) in [5.74, 6) is 0. The van der Waals surface area contributed by atoms with Gasteiger partial charge < -0.3 is 0 Å². The van der Waals surface area contributed by atoms with Crippen LogP contribution in [0, 0.1) is 6.54 Å². The molecule has 0 rings (SSSR count). The molecule has 0 saturated heterocycles. The van der Waals surface area contributed by atoms with Crippen LogP contribution in [0.5, 0.6) is 0 Å². The van der Waals surface area contributed by atoms with E-state index in [1.165, 1.54) is 70.9 Å². The van der Waals surface area contributed by atoms with Gasteiger partial charge in [-0.15, -0.1) is 0 Å². The van der Waals surface area contributed by atoms with Gasteiger partial charge in [-0.1, -0.05) is 59.3 Å². The summed E-state index contributed by atoms with van der Waals surface area (Å²) in [5.41, 5.74) is 0. The van der Waals surface area contributed by atoms with Gasteiger partial charge in [0.1, 0.15) is 0 Å². The predicted molar refractivity (Wildman–Crippen MR) is 74.4 cm³/mol. The fraction of sp³-hybridized carbons (Fsp3) is 0.933. The van der Waals surface area contributed by atoms with E-state index in [9.17, 15) is 0 Å². The fourth-order valence-corrected chi connectivity index (χ4v) is 2.04. The van der Waals surface area contributed by atoms with Gasteiger partial charge in [-0.2, -0.15) is 0 Å². The fourth-order valence-electron chi connectivity index (χ4n) is 2.04. The highest BCUT2D eigenvalue weighted by molar-refractivity contribution is 4.67. The van der Waals surface area contributed by atoms with Gasteiger partial charge in [-0.25, -0.2) is 0 Å². The van der Waals surface area contributed by atoms with Crippen molar-refractivity contribution in [3.63, 3.8) is 0 Å². The Balaban J connectivity index is 3.45. The summed E-state index contributed by atoms with van der Waals surface area (Å²) in [6.07, 6.45) is 12.2. The monoisotopic (exact) mass is 226 g/mol. The van der Waals surface area contributed by atoms with Crippen LogP contribution in [-0.4, -0.2) is 18.0 Å². The molecular formula is C15H32N. The molecule has 0 aromatic heterocycles. The van der Waals surface area contributed by atoms with E-state index in [0.29, 0.717) is 0 Å². The summed E-state index contributed by atoms with van der Waals surface area (Å²) < 4.78 is 0. The van der Waals surface area contributed by atoms with Crippen LogP contribution in [0.1, 0.15) is 78.6 Å². The van der Waals surface area contributed by atoms with Gasteiger partial charge in [-0.3, -0.25) is 4.90 Å². The SMILES string of the molecule is CC[CH]N(CCCCCC)CCCCCC. The van der Waals surface area contributed by atoms with E-state index in [0.717, 1.165) is 0 Å². The summed E-state index contributed by atoms with van der Waals surface area (Å²) in [5, 5.41) is 0.